The molecule has 1 aromatic heterocycles. The van der Waals surface area contributed by atoms with Crippen molar-refractivity contribution in [3.63, 3.8) is 0 Å². The first-order valence-electron chi connectivity index (χ1n) is 6.96. The van der Waals surface area contributed by atoms with Gasteiger partial charge in [0.15, 0.2) is 0 Å². The van der Waals surface area contributed by atoms with Gasteiger partial charge in [0.1, 0.15) is 6.04 Å². The summed E-state index contributed by atoms with van der Waals surface area (Å²) in [5.41, 5.74) is 0.405. The molecule has 1 amide bonds. The predicted molar refractivity (Wildman–Crippen MR) is 85.3 cm³/mol. The number of para-hydroxylation sites is 1. The van der Waals surface area contributed by atoms with Gasteiger partial charge in [0.05, 0.1) is 18.5 Å². The molecular formula is C13H18N6O3S. The van der Waals surface area contributed by atoms with Crippen molar-refractivity contribution in [1.82, 2.24) is 20.2 Å². The predicted octanol–water partition coefficient (Wildman–Crippen LogP) is 0.486. The summed E-state index contributed by atoms with van der Waals surface area (Å²) in [6, 6.07) is 7.44. The number of carbonyl (C=O) groups is 1. The van der Waals surface area contributed by atoms with E-state index in [1.807, 2.05) is 6.92 Å². The van der Waals surface area contributed by atoms with Crippen LogP contribution in [0.1, 0.15) is 13.8 Å². The fourth-order valence-electron chi connectivity index (χ4n) is 2.03. The van der Waals surface area contributed by atoms with E-state index in [1.165, 1.54) is 11.7 Å². The minimum atomic E-state index is -3.64. The average Bonchev–Trinajstić information content (AvgIpc) is 2.94. The van der Waals surface area contributed by atoms with E-state index < -0.39 is 22.0 Å². The molecule has 0 aliphatic rings. The average molecular weight is 338 g/mol. The maximum absolute atomic E-state index is 12.3. The summed E-state index contributed by atoms with van der Waals surface area (Å²) in [7, 11) is -3.64. The largest absolute Gasteiger partial charge is 0.290 e. The highest BCUT2D eigenvalue weighted by Crippen LogP contribution is 2.20. The maximum Gasteiger partial charge on any atom is 0.270 e. The summed E-state index contributed by atoms with van der Waals surface area (Å²) in [6.45, 7) is 3.84. The van der Waals surface area contributed by atoms with Crippen LogP contribution in [0.15, 0.2) is 30.3 Å². The molecule has 124 valence electrons. The Labute approximate surface area is 134 Å². The fraction of sp³-hybridized carbons (Fsp3) is 0.385. The van der Waals surface area contributed by atoms with Crippen molar-refractivity contribution in [2.24, 2.45) is 0 Å². The van der Waals surface area contributed by atoms with Gasteiger partial charge in [-0.15, -0.1) is 5.10 Å². The van der Waals surface area contributed by atoms with Gasteiger partial charge in [0.25, 0.3) is 5.95 Å². The lowest BCUT2D eigenvalue weighted by Crippen LogP contribution is -2.45. The highest BCUT2D eigenvalue weighted by atomic mass is 32.2. The third-order valence-corrected chi connectivity index (χ3v) is 4.31. The molecule has 1 heterocycles. The molecule has 23 heavy (non-hydrogen) atoms. The van der Waals surface area contributed by atoms with Crippen LogP contribution < -0.4 is 9.62 Å². The second-order valence-electron chi connectivity index (χ2n) is 4.86. The summed E-state index contributed by atoms with van der Waals surface area (Å²) >= 11 is 0. The Balaban J connectivity index is 2.23. The van der Waals surface area contributed by atoms with Crippen molar-refractivity contribution in [3.8, 4) is 0 Å². The Hall–Kier alpha value is -2.49. The minimum absolute atomic E-state index is 0.0326. The molecule has 1 atom stereocenters. The van der Waals surface area contributed by atoms with Crippen LogP contribution in [-0.4, -0.2) is 46.8 Å². The van der Waals surface area contributed by atoms with E-state index in [1.54, 1.807) is 30.3 Å². The Morgan fingerprint density at radius 2 is 2.00 bits per heavy atom. The minimum Gasteiger partial charge on any atom is -0.290 e. The lowest BCUT2D eigenvalue weighted by atomic mass is 10.2. The van der Waals surface area contributed by atoms with Crippen LogP contribution in [0.25, 0.3) is 0 Å². The summed E-state index contributed by atoms with van der Waals surface area (Å²) in [4.78, 5) is 13.6. The second-order valence-corrected chi connectivity index (χ2v) is 6.72. The molecule has 0 radical (unpaired) electrons. The number of tetrazole rings is 1. The van der Waals surface area contributed by atoms with Crippen LogP contribution in [0.2, 0.25) is 0 Å². The highest BCUT2D eigenvalue weighted by molar-refractivity contribution is 7.92. The number of carbonyl (C=O) groups excluding carboxylic acids is 1. The number of rotatable bonds is 6. The first-order chi connectivity index (χ1) is 10.8. The van der Waals surface area contributed by atoms with Crippen molar-refractivity contribution in [2.75, 3.05) is 15.9 Å². The smallest absolute Gasteiger partial charge is 0.270 e. The zero-order valence-electron chi connectivity index (χ0n) is 13.0. The van der Waals surface area contributed by atoms with E-state index >= 15 is 0 Å². The molecule has 2 aromatic rings. The Kier molecular flexibility index (Phi) is 4.94. The quantitative estimate of drug-likeness (QED) is 0.820. The zero-order valence-corrected chi connectivity index (χ0v) is 13.9. The van der Waals surface area contributed by atoms with Gasteiger partial charge < -0.3 is 0 Å². The number of hydrogen-bond acceptors (Lipinski definition) is 6. The number of aryl methyl sites for hydroxylation is 1. The number of hydrogen-bond donors (Lipinski definition) is 1. The standard InChI is InChI=1S/C13H18N6O3S/c1-4-18-16-13(15-17-18)14-12(20)10(2)19(23(3,21)22)11-8-6-5-7-9-11/h5-10H,4H2,1-3H3,(H,14,16,20). The van der Waals surface area contributed by atoms with E-state index in [4.69, 9.17) is 0 Å². The molecule has 0 fully saturated rings. The lowest BCUT2D eigenvalue weighted by Gasteiger charge is -2.27. The number of nitrogens with one attached hydrogen (secondary N) is 1. The molecule has 0 aliphatic heterocycles. The topological polar surface area (TPSA) is 110 Å². The molecule has 1 N–H and O–H groups in total. The number of amides is 1. The normalized spacial score (nSPS) is 12.7. The van der Waals surface area contributed by atoms with Crippen molar-refractivity contribution < 1.29 is 13.2 Å². The number of benzene rings is 1. The van der Waals surface area contributed by atoms with E-state index in [9.17, 15) is 13.2 Å². The molecule has 0 saturated heterocycles. The fourth-order valence-corrected chi connectivity index (χ4v) is 3.20. The summed E-state index contributed by atoms with van der Waals surface area (Å²) in [5, 5.41) is 13.8. The molecule has 0 saturated carbocycles. The van der Waals surface area contributed by atoms with Gasteiger partial charge in [0, 0.05) is 0 Å². The van der Waals surface area contributed by atoms with Gasteiger partial charge in [-0.3, -0.25) is 14.4 Å². The molecule has 1 aromatic carbocycles. The Bertz CT molecular complexity index is 774. The van der Waals surface area contributed by atoms with Gasteiger partial charge >= 0.3 is 0 Å². The van der Waals surface area contributed by atoms with Crippen LogP contribution in [0.3, 0.4) is 0 Å². The van der Waals surface area contributed by atoms with Gasteiger partial charge in [-0.05, 0) is 31.2 Å². The first kappa shape index (κ1) is 16.9. The Morgan fingerprint density at radius 1 is 1.35 bits per heavy atom. The van der Waals surface area contributed by atoms with Gasteiger partial charge in [0.2, 0.25) is 15.9 Å². The van der Waals surface area contributed by atoms with E-state index in [2.05, 4.69) is 20.7 Å². The van der Waals surface area contributed by atoms with E-state index in [0.29, 0.717) is 12.2 Å². The number of aromatic nitrogens is 4. The summed E-state index contributed by atoms with van der Waals surface area (Å²) in [5.74, 6) is -0.514. The number of anilines is 2. The Morgan fingerprint density at radius 3 is 2.52 bits per heavy atom. The van der Waals surface area contributed by atoms with E-state index in [-0.39, 0.29) is 5.95 Å². The summed E-state index contributed by atoms with van der Waals surface area (Å²) in [6.07, 6.45) is 1.05. The number of nitrogens with zero attached hydrogens (tertiary/aromatic N) is 5. The van der Waals surface area contributed by atoms with Crippen LogP contribution in [-0.2, 0) is 21.4 Å². The van der Waals surface area contributed by atoms with Gasteiger partial charge in [-0.2, -0.15) is 4.80 Å². The second kappa shape index (κ2) is 6.73. The lowest BCUT2D eigenvalue weighted by molar-refractivity contribution is -0.116. The molecular weight excluding hydrogens is 320 g/mol. The van der Waals surface area contributed by atoms with Crippen molar-refractivity contribution in [2.45, 2.75) is 26.4 Å². The van der Waals surface area contributed by atoms with Crippen LogP contribution in [0, 0.1) is 0 Å². The highest BCUT2D eigenvalue weighted by Gasteiger charge is 2.29. The molecule has 1 unspecified atom stereocenters. The third kappa shape index (κ3) is 4.03. The van der Waals surface area contributed by atoms with Gasteiger partial charge in [-0.25, -0.2) is 8.42 Å². The van der Waals surface area contributed by atoms with Crippen molar-refractivity contribution in [3.05, 3.63) is 30.3 Å². The monoisotopic (exact) mass is 338 g/mol. The van der Waals surface area contributed by atoms with Crippen LogP contribution in [0.4, 0.5) is 11.6 Å². The third-order valence-electron chi connectivity index (χ3n) is 3.07. The zero-order chi connectivity index (χ0) is 17.0. The van der Waals surface area contributed by atoms with Gasteiger partial charge in [-0.1, -0.05) is 23.3 Å². The molecule has 0 spiro atoms. The molecule has 9 nitrogen and oxygen atoms in total. The molecule has 0 aliphatic carbocycles. The van der Waals surface area contributed by atoms with Crippen LogP contribution in [0.5, 0.6) is 0 Å². The van der Waals surface area contributed by atoms with Crippen molar-refractivity contribution in [1.29, 1.82) is 0 Å². The maximum atomic E-state index is 12.3. The van der Waals surface area contributed by atoms with E-state index in [0.717, 1.165) is 10.6 Å². The van der Waals surface area contributed by atoms with Crippen molar-refractivity contribution >= 4 is 27.6 Å². The number of sulfonamides is 1. The first-order valence-corrected chi connectivity index (χ1v) is 8.81. The molecule has 2 rings (SSSR count). The molecule has 0 bridgehead atoms. The SMILES string of the molecule is CCn1nnc(NC(=O)C(C)N(c2ccccc2)S(C)(=O)=O)n1. The summed E-state index contributed by atoms with van der Waals surface area (Å²) < 4.78 is 25.2. The van der Waals surface area contributed by atoms with Crippen LogP contribution >= 0.6 is 0 Å². The molecule has 10 heteroatoms.